The van der Waals surface area contributed by atoms with Crippen molar-refractivity contribution in [2.75, 3.05) is 0 Å². The Labute approximate surface area is 250 Å². The van der Waals surface area contributed by atoms with Crippen LogP contribution in [0.4, 0.5) is 0 Å². The lowest BCUT2D eigenvalue weighted by Crippen LogP contribution is -2.19. The highest BCUT2D eigenvalue weighted by Crippen LogP contribution is 2.19. The van der Waals surface area contributed by atoms with E-state index in [4.69, 9.17) is 9.47 Å². The van der Waals surface area contributed by atoms with E-state index in [-0.39, 0.29) is 24.1 Å². The monoisotopic (exact) mass is 567 g/mol. The topological polar surface area (TPSA) is 52.6 Å². The largest absolute Gasteiger partial charge is 0.462 e. The van der Waals surface area contributed by atoms with Gasteiger partial charge in [-0.3, -0.25) is 9.59 Å². The molecule has 0 saturated heterocycles. The third-order valence-electron chi connectivity index (χ3n) is 8.13. The zero-order chi connectivity index (χ0) is 29.5. The highest BCUT2D eigenvalue weighted by Gasteiger charge is 2.16. The van der Waals surface area contributed by atoms with Crippen LogP contribution < -0.4 is 0 Å². The van der Waals surface area contributed by atoms with E-state index in [1.165, 1.54) is 103 Å². The Morgan fingerprint density at radius 2 is 0.625 bits per heavy atom. The number of esters is 2. The average molecular weight is 567 g/mol. The molecule has 0 atom stereocenters. The van der Waals surface area contributed by atoms with Crippen molar-refractivity contribution in [3.05, 3.63) is 0 Å². The minimum atomic E-state index is -0.0856. The SMILES string of the molecule is CCCCCCCC(CCCCCCC)OC(=O)CCCCC(=O)OC(CCCCCCC)CCCCCCC. The van der Waals surface area contributed by atoms with Crippen molar-refractivity contribution in [1.82, 2.24) is 0 Å². The second kappa shape index (κ2) is 30.9. The van der Waals surface area contributed by atoms with Crippen molar-refractivity contribution in [3.63, 3.8) is 0 Å². The molecule has 0 N–H and O–H groups in total. The number of ether oxygens (including phenoxy) is 2. The van der Waals surface area contributed by atoms with Crippen LogP contribution in [0.3, 0.4) is 0 Å². The van der Waals surface area contributed by atoms with E-state index in [1.807, 2.05) is 0 Å². The highest BCUT2D eigenvalue weighted by molar-refractivity contribution is 5.70. The van der Waals surface area contributed by atoms with Gasteiger partial charge in [-0.05, 0) is 64.2 Å². The van der Waals surface area contributed by atoms with Gasteiger partial charge >= 0.3 is 11.9 Å². The molecule has 0 bridgehead atoms. The molecule has 0 unspecified atom stereocenters. The fourth-order valence-electron chi connectivity index (χ4n) is 5.45. The van der Waals surface area contributed by atoms with Gasteiger partial charge in [0.05, 0.1) is 0 Å². The molecule has 0 spiro atoms. The predicted molar refractivity (Wildman–Crippen MR) is 172 cm³/mol. The van der Waals surface area contributed by atoms with Crippen LogP contribution in [-0.4, -0.2) is 24.1 Å². The summed E-state index contributed by atoms with van der Waals surface area (Å²) in [5.41, 5.74) is 0. The zero-order valence-electron chi connectivity index (χ0n) is 27.6. The summed E-state index contributed by atoms with van der Waals surface area (Å²) in [6.07, 6.45) is 31.2. The fourth-order valence-corrected chi connectivity index (χ4v) is 5.45. The molecular weight excluding hydrogens is 496 g/mol. The Kier molecular flexibility index (Phi) is 30.1. The van der Waals surface area contributed by atoms with E-state index < -0.39 is 0 Å². The number of carbonyl (C=O) groups excluding carboxylic acids is 2. The summed E-state index contributed by atoms with van der Waals surface area (Å²) in [5.74, 6) is -0.171. The molecule has 0 rings (SSSR count). The number of unbranched alkanes of at least 4 members (excludes halogenated alkanes) is 17. The molecule has 238 valence electrons. The maximum absolute atomic E-state index is 12.6. The molecule has 40 heavy (non-hydrogen) atoms. The van der Waals surface area contributed by atoms with Crippen molar-refractivity contribution < 1.29 is 19.1 Å². The normalized spacial score (nSPS) is 11.4. The summed E-state index contributed by atoms with van der Waals surface area (Å²) in [4.78, 5) is 25.2. The van der Waals surface area contributed by atoms with Crippen LogP contribution in [0.1, 0.15) is 207 Å². The molecular formula is C36H70O4. The van der Waals surface area contributed by atoms with E-state index in [0.29, 0.717) is 25.7 Å². The Hall–Kier alpha value is -1.06. The highest BCUT2D eigenvalue weighted by atomic mass is 16.5. The molecule has 0 heterocycles. The first kappa shape index (κ1) is 38.9. The van der Waals surface area contributed by atoms with Gasteiger partial charge in [-0.1, -0.05) is 130 Å². The Balaban J connectivity index is 4.37. The predicted octanol–water partition coefficient (Wildman–Crippen LogP) is 11.8. The van der Waals surface area contributed by atoms with E-state index >= 15 is 0 Å². The lowest BCUT2D eigenvalue weighted by atomic mass is 10.0. The van der Waals surface area contributed by atoms with Crippen molar-refractivity contribution >= 4 is 11.9 Å². The van der Waals surface area contributed by atoms with Crippen LogP contribution in [0.2, 0.25) is 0 Å². The number of rotatable bonds is 31. The van der Waals surface area contributed by atoms with Crippen molar-refractivity contribution in [3.8, 4) is 0 Å². The van der Waals surface area contributed by atoms with Crippen LogP contribution in [0, 0.1) is 0 Å². The standard InChI is InChI=1S/C36H70O4/c1-5-9-13-17-21-27-33(28-22-18-14-10-6-2)39-35(37)31-25-26-32-36(38)40-34(29-23-19-15-11-7-3)30-24-20-16-12-8-4/h33-34H,5-32H2,1-4H3. The summed E-state index contributed by atoms with van der Waals surface area (Å²) in [7, 11) is 0. The second-order valence-corrected chi connectivity index (χ2v) is 12.2. The van der Waals surface area contributed by atoms with Crippen molar-refractivity contribution in [1.29, 1.82) is 0 Å². The lowest BCUT2D eigenvalue weighted by molar-refractivity contribution is -0.152. The molecule has 0 aromatic heterocycles. The lowest BCUT2D eigenvalue weighted by Gasteiger charge is -2.19. The van der Waals surface area contributed by atoms with E-state index in [0.717, 1.165) is 51.4 Å². The quantitative estimate of drug-likeness (QED) is 0.0618. The average Bonchev–Trinajstić information content (AvgIpc) is 2.94. The van der Waals surface area contributed by atoms with E-state index in [1.54, 1.807) is 0 Å². The van der Waals surface area contributed by atoms with Crippen LogP contribution in [0.5, 0.6) is 0 Å². The van der Waals surface area contributed by atoms with Crippen LogP contribution in [-0.2, 0) is 19.1 Å². The maximum atomic E-state index is 12.6. The first-order valence-electron chi connectivity index (χ1n) is 18.0. The van der Waals surface area contributed by atoms with Gasteiger partial charge in [0, 0.05) is 12.8 Å². The van der Waals surface area contributed by atoms with Gasteiger partial charge < -0.3 is 9.47 Å². The summed E-state index contributed by atoms with van der Waals surface area (Å²) < 4.78 is 11.8. The van der Waals surface area contributed by atoms with Crippen LogP contribution >= 0.6 is 0 Å². The van der Waals surface area contributed by atoms with Gasteiger partial charge in [0.1, 0.15) is 12.2 Å². The van der Waals surface area contributed by atoms with Crippen molar-refractivity contribution in [2.24, 2.45) is 0 Å². The Bertz CT molecular complexity index is 471. The van der Waals surface area contributed by atoms with Gasteiger partial charge in [0.15, 0.2) is 0 Å². The van der Waals surface area contributed by atoms with Gasteiger partial charge in [-0.15, -0.1) is 0 Å². The first-order valence-corrected chi connectivity index (χ1v) is 18.0. The molecule has 4 heteroatoms. The maximum Gasteiger partial charge on any atom is 0.306 e. The second-order valence-electron chi connectivity index (χ2n) is 12.2. The van der Waals surface area contributed by atoms with Crippen molar-refractivity contribution in [2.45, 2.75) is 220 Å². The van der Waals surface area contributed by atoms with Gasteiger partial charge in [0.2, 0.25) is 0 Å². The summed E-state index contributed by atoms with van der Waals surface area (Å²) in [6, 6.07) is 0. The minimum Gasteiger partial charge on any atom is -0.462 e. The summed E-state index contributed by atoms with van der Waals surface area (Å²) in [6.45, 7) is 8.96. The first-order chi connectivity index (χ1) is 19.6. The Morgan fingerprint density at radius 1 is 0.375 bits per heavy atom. The molecule has 0 aliphatic carbocycles. The van der Waals surface area contributed by atoms with Gasteiger partial charge in [-0.2, -0.15) is 0 Å². The third kappa shape index (κ3) is 27.1. The number of carbonyl (C=O) groups is 2. The zero-order valence-corrected chi connectivity index (χ0v) is 27.6. The number of hydrogen-bond acceptors (Lipinski definition) is 4. The van der Waals surface area contributed by atoms with Gasteiger partial charge in [-0.25, -0.2) is 0 Å². The number of hydrogen-bond donors (Lipinski definition) is 0. The molecule has 0 fully saturated rings. The third-order valence-corrected chi connectivity index (χ3v) is 8.13. The minimum absolute atomic E-state index is 0.0659. The van der Waals surface area contributed by atoms with E-state index in [9.17, 15) is 9.59 Å². The van der Waals surface area contributed by atoms with Gasteiger partial charge in [0.25, 0.3) is 0 Å². The van der Waals surface area contributed by atoms with E-state index in [2.05, 4.69) is 27.7 Å². The smallest absolute Gasteiger partial charge is 0.306 e. The molecule has 0 aromatic carbocycles. The summed E-state index contributed by atoms with van der Waals surface area (Å²) >= 11 is 0. The molecule has 0 radical (unpaired) electrons. The molecule has 0 aromatic rings. The Morgan fingerprint density at radius 3 is 0.875 bits per heavy atom. The molecule has 0 aliphatic heterocycles. The molecule has 0 saturated carbocycles. The van der Waals surface area contributed by atoms with Crippen LogP contribution in [0.25, 0.3) is 0 Å². The molecule has 0 aliphatic rings. The summed E-state index contributed by atoms with van der Waals surface area (Å²) in [5, 5.41) is 0. The fraction of sp³-hybridized carbons (Fsp3) is 0.944. The molecule has 0 amide bonds. The molecule has 4 nitrogen and oxygen atoms in total. The van der Waals surface area contributed by atoms with Crippen LogP contribution in [0.15, 0.2) is 0 Å².